The first-order valence-electron chi connectivity index (χ1n) is 10.8. The first kappa shape index (κ1) is 17.1. The van der Waals surface area contributed by atoms with Gasteiger partial charge in [-0.3, -0.25) is 4.90 Å². The minimum absolute atomic E-state index is 0.0631. The Kier molecular flexibility index (Phi) is 4.09. The summed E-state index contributed by atoms with van der Waals surface area (Å²) in [6, 6.07) is 6.95. The van der Waals surface area contributed by atoms with E-state index < -0.39 is 5.60 Å². The van der Waals surface area contributed by atoms with E-state index in [4.69, 9.17) is 4.74 Å². The molecule has 0 unspecified atom stereocenters. The van der Waals surface area contributed by atoms with Crippen LogP contribution in [0.15, 0.2) is 18.2 Å². The highest BCUT2D eigenvalue weighted by Crippen LogP contribution is 2.58. The second-order valence-electron chi connectivity index (χ2n) is 9.35. The first-order chi connectivity index (χ1) is 12.7. The van der Waals surface area contributed by atoms with Crippen LogP contribution in [0, 0.1) is 5.92 Å². The van der Waals surface area contributed by atoms with E-state index >= 15 is 0 Å². The molecule has 2 bridgehead atoms. The number of fused-ring (bicyclic) bond motifs is 1. The van der Waals surface area contributed by atoms with E-state index in [1.807, 2.05) is 0 Å². The van der Waals surface area contributed by atoms with Crippen molar-refractivity contribution in [1.82, 2.24) is 4.90 Å². The Bertz CT molecular complexity index is 685. The van der Waals surface area contributed by atoms with Crippen LogP contribution in [-0.2, 0) is 11.8 Å². The SMILES string of the molecule is COc1ccc2c(c1)[C@@]13CCCC[C@@]1(O)[C@@H](C2)N(CC1CCC1)CCC3. The van der Waals surface area contributed by atoms with Crippen molar-refractivity contribution in [3.63, 3.8) is 0 Å². The van der Waals surface area contributed by atoms with Gasteiger partial charge in [-0.1, -0.05) is 25.3 Å². The van der Waals surface area contributed by atoms with Crippen molar-refractivity contribution < 1.29 is 9.84 Å². The summed E-state index contributed by atoms with van der Waals surface area (Å²) in [6.45, 7) is 2.37. The summed E-state index contributed by atoms with van der Waals surface area (Å²) in [5.74, 6) is 1.81. The number of likely N-dealkylation sites (tertiary alicyclic amines) is 1. The highest BCUT2D eigenvalue weighted by Gasteiger charge is 2.61. The molecule has 2 saturated carbocycles. The fourth-order valence-electron chi connectivity index (χ4n) is 6.69. The van der Waals surface area contributed by atoms with E-state index in [2.05, 4.69) is 23.1 Å². The van der Waals surface area contributed by atoms with Gasteiger partial charge in [0.1, 0.15) is 5.75 Å². The normalized spacial score (nSPS) is 37.2. The Labute approximate surface area is 157 Å². The molecule has 142 valence electrons. The van der Waals surface area contributed by atoms with Crippen LogP contribution >= 0.6 is 0 Å². The lowest BCUT2D eigenvalue weighted by atomic mass is 9.51. The van der Waals surface area contributed by atoms with Gasteiger partial charge in [0.25, 0.3) is 0 Å². The third-order valence-corrected chi connectivity index (χ3v) is 8.24. The predicted molar refractivity (Wildman–Crippen MR) is 104 cm³/mol. The van der Waals surface area contributed by atoms with E-state index in [0.717, 1.165) is 43.9 Å². The van der Waals surface area contributed by atoms with Gasteiger partial charge in [-0.05, 0) is 80.7 Å². The van der Waals surface area contributed by atoms with Crippen LogP contribution in [0.5, 0.6) is 5.75 Å². The predicted octanol–water partition coefficient (Wildman–Crippen LogP) is 4.06. The Hall–Kier alpha value is -1.06. The van der Waals surface area contributed by atoms with Gasteiger partial charge in [0, 0.05) is 18.0 Å². The maximum atomic E-state index is 12.2. The van der Waals surface area contributed by atoms with Crippen molar-refractivity contribution in [2.24, 2.45) is 5.92 Å². The van der Waals surface area contributed by atoms with Crippen LogP contribution in [-0.4, -0.2) is 41.8 Å². The second kappa shape index (κ2) is 6.24. The summed E-state index contributed by atoms with van der Waals surface area (Å²) in [7, 11) is 1.76. The molecule has 3 nitrogen and oxygen atoms in total. The maximum absolute atomic E-state index is 12.2. The Morgan fingerprint density at radius 1 is 1.12 bits per heavy atom. The number of hydrogen-bond donors (Lipinski definition) is 1. The maximum Gasteiger partial charge on any atom is 0.119 e. The molecule has 1 aromatic carbocycles. The van der Waals surface area contributed by atoms with Gasteiger partial charge in [-0.2, -0.15) is 0 Å². The smallest absolute Gasteiger partial charge is 0.119 e. The van der Waals surface area contributed by atoms with E-state index in [9.17, 15) is 5.11 Å². The minimum Gasteiger partial charge on any atom is -0.497 e. The van der Waals surface area contributed by atoms with Crippen molar-refractivity contribution in [2.45, 2.75) is 81.3 Å². The van der Waals surface area contributed by atoms with Crippen LogP contribution in [0.1, 0.15) is 68.9 Å². The number of rotatable bonds is 3. The Balaban J connectivity index is 1.61. The summed E-state index contributed by atoms with van der Waals surface area (Å²) in [6.07, 6.45) is 12.0. The third-order valence-electron chi connectivity index (χ3n) is 8.24. The fraction of sp³-hybridized carbons (Fsp3) is 0.739. The quantitative estimate of drug-likeness (QED) is 0.887. The Morgan fingerprint density at radius 3 is 2.69 bits per heavy atom. The average molecular weight is 356 g/mol. The van der Waals surface area contributed by atoms with Crippen LogP contribution in [0.2, 0.25) is 0 Å². The summed E-state index contributed by atoms with van der Waals surface area (Å²) in [5.41, 5.74) is 2.24. The molecule has 3 atom stereocenters. The van der Waals surface area contributed by atoms with Gasteiger partial charge >= 0.3 is 0 Å². The van der Waals surface area contributed by atoms with Gasteiger partial charge in [0.2, 0.25) is 0 Å². The zero-order chi connectivity index (χ0) is 17.8. The van der Waals surface area contributed by atoms with E-state index in [0.29, 0.717) is 6.04 Å². The zero-order valence-electron chi connectivity index (χ0n) is 16.2. The molecule has 3 aliphatic carbocycles. The Morgan fingerprint density at radius 2 is 1.92 bits per heavy atom. The van der Waals surface area contributed by atoms with E-state index in [-0.39, 0.29) is 5.41 Å². The second-order valence-corrected chi connectivity index (χ2v) is 9.35. The molecule has 3 heteroatoms. The van der Waals surface area contributed by atoms with Crippen molar-refractivity contribution in [1.29, 1.82) is 0 Å². The molecule has 4 aliphatic rings. The first-order valence-corrected chi connectivity index (χ1v) is 10.8. The topological polar surface area (TPSA) is 32.7 Å². The third kappa shape index (κ3) is 2.32. The summed E-state index contributed by atoms with van der Waals surface area (Å²) in [5, 5.41) is 12.2. The summed E-state index contributed by atoms with van der Waals surface area (Å²) in [4.78, 5) is 2.70. The number of aliphatic hydroxyl groups is 1. The van der Waals surface area contributed by atoms with Crippen LogP contribution in [0.4, 0.5) is 0 Å². The van der Waals surface area contributed by atoms with Gasteiger partial charge < -0.3 is 9.84 Å². The van der Waals surface area contributed by atoms with E-state index in [1.165, 1.54) is 56.2 Å². The van der Waals surface area contributed by atoms with Crippen molar-refractivity contribution in [3.05, 3.63) is 29.3 Å². The fourth-order valence-corrected chi connectivity index (χ4v) is 6.69. The number of ether oxygens (including phenoxy) is 1. The average Bonchev–Trinajstić information content (AvgIpc) is 2.69. The zero-order valence-corrected chi connectivity index (χ0v) is 16.2. The van der Waals surface area contributed by atoms with E-state index in [1.54, 1.807) is 7.11 Å². The highest BCUT2D eigenvalue weighted by atomic mass is 16.5. The molecular formula is C23H33NO2. The number of benzene rings is 1. The largest absolute Gasteiger partial charge is 0.497 e. The minimum atomic E-state index is -0.565. The van der Waals surface area contributed by atoms with Crippen molar-refractivity contribution in [2.75, 3.05) is 20.2 Å². The highest BCUT2D eigenvalue weighted by molar-refractivity contribution is 5.48. The molecule has 1 heterocycles. The molecule has 1 aromatic rings. The standard InChI is InChI=1S/C23H33NO2/c1-26-19-9-8-18-14-21-23(25)12-3-2-10-22(23,20(18)15-19)11-5-13-24(21)16-17-6-4-7-17/h8-9,15,17,21,25H,2-7,10-14,16H2,1H3/t21-,22+,23-/m1/s1. The van der Waals surface area contributed by atoms with Gasteiger partial charge in [-0.25, -0.2) is 0 Å². The summed E-state index contributed by atoms with van der Waals surface area (Å²) < 4.78 is 5.56. The number of nitrogens with zero attached hydrogens (tertiary/aromatic N) is 1. The van der Waals surface area contributed by atoms with Gasteiger partial charge in [0.15, 0.2) is 0 Å². The van der Waals surface area contributed by atoms with Crippen LogP contribution < -0.4 is 4.74 Å². The lowest BCUT2D eigenvalue weighted by Crippen LogP contribution is -2.67. The molecule has 3 fully saturated rings. The molecule has 1 saturated heterocycles. The number of hydrogen-bond acceptors (Lipinski definition) is 3. The monoisotopic (exact) mass is 355 g/mol. The molecule has 0 radical (unpaired) electrons. The molecule has 0 spiro atoms. The molecule has 26 heavy (non-hydrogen) atoms. The lowest BCUT2D eigenvalue weighted by molar-refractivity contribution is -0.129. The van der Waals surface area contributed by atoms with Crippen molar-refractivity contribution >= 4 is 0 Å². The summed E-state index contributed by atoms with van der Waals surface area (Å²) >= 11 is 0. The molecule has 0 aromatic heterocycles. The molecular weight excluding hydrogens is 322 g/mol. The van der Waals surface area contributed by atoms with Gasteiger partial charge in [0.05, 0.1) is 12.7 Å². The molecule has 1 N–H and O–H groups in total. The number of methoxy groups -OCH3 is 1. The molecule has 0 amide bonds. The van der Waals surface area contributed by atoms with Gasteiger partial charge in [-0.15, -0.1) is 0 Å². The van der Waals surface area contributed by atoms with Crippen molar-refractivity contribution in [3.8, 4) is 5.75 Å². The molecule has 5 rings (SSSR count). The van der Waals surface area contributed by atoms with Crippen LogP contribution in [0.3, 0.4) is 0 Å². The van der Waals surface area contributed by atoms with Crippen LogP contribution in [0.25, 0.3) is 0 Å². The lowest BCUT2D eigenvalue weighted by Gasteiger charge is -2.59. The molecule has 1 aliphatic heterocycles.